The predicted molar refractivity (Wildman–Crippen MR) is 523 cm³/mol. The van der Waals surface area contributed by atoms with Crippen LogP contribution in [0.2, 0.25) is 0 Å². The van der Waals surface area contributed by atoms with Crippen LogP contribution < -0.4 is 47.4 Å². The van der Waals surface area contributed by atoms with E-state index in [1.807, 2.05) is 0 Å². The first-order valence-electron chi connectivity index (χ1n) is 76.0. The zero-order valence-corrected chi connectivity index (χ0v) is 72.0. The van der Waals surface area contributed by atoms with E-state index in [2.05, 4.69) is 24.9 Å². The predicted octanol–water partition coefficient (Wildman–Crippen LogP) is 11.1. The SMILES string of the molecule is [2H]c1c([2H])c(C2c3[nH]c4c([2H])c([2H])c([2H])c([2H])c4c3C([2H])([2H])[C@@H]3C(=O)N(C([2H])([2H])[2H])C([2H])([2H])C(=O)N23)c([2H])c2c1OC([2H])([2H])O2.[2H]c1c([2H])c(C2c3[nH]c4c([2H])c([2H])c([2H])c([2H])c4c3C([2H])([2H])[C@@H]3C(=O)N(C([2H])([2H])[2H])C([2H])([2H])C(=O)N23)c([2H])c2c1OC([2H])([2H])O2.[2H]c1c([2H])c(C2c3[nH]c4ccccc4c3C([2H])([2H])[C@@H]3C(=O)N(C([2H])([2H])[2H])C([2H])([2H])C(=O)N23)c([2H])c2c1OC([2H])([2H])O2.[2H]c1c([2H])c(C2c3[nH]c4ccccc4c3C([2H])([2H])[C@@H]3C(=O)N(C([2H])([2H])[2H])C([2H])([2H])C(=O)N23)c([2H])c2c1OCO2.[2H]c1c([2H])c([2H])c2c3c([nH]c2c1[2H])C(c1ccc2c(c1)OC([2H])([2H])O2)N1C(=O)C([2H])([2H])N(C([2H])([2H])[2H])C(=O)[C@H]1C3([2H])[2H]. The van der Waals surface area contributed by atoms with E-state index in [-0.39, 0.29) is 100 Å². The number of fused-ring (bicyclic) bond motifs is 25. The summed E-state index contributed by atoms with van der Waals surface area (Å²) in [6.45, 7) is -46.8. The average molecular weight is 2010 g/mol. The number of nitrogens with zero attached hydrogens (tertiary/aromatic N) is 10. The van der Waals surface area contributed by atoms with Gasteiger partial charge in [0.05, 0.1) is 109 Å². The number of aromatic nitrogens is 5. The lowest BCUT2D eigenvalue weighted by molar-refractivity contribution is -0.157. The molecule has 0 radical (unpaired) electrons. The van der Waals surface area contributed by atoms with Crippen LogP contribution in [0.5, 0.6) is 57.5 Å². The zero-order valence-electron chi connectivity index (χ0n) is 139. The van der Waals surface area contributed by atoms with Crippen molar-refractivity contribution in [2.24, 2.45) is 0 Å². The standard InChI is InChI=1S/5C22H19N3O4/c5*1-24-10-19(26)25-16(22(24)27)9-14-13-4-2-3-5-15(13)23-20(14)21(25)12-6-7-17-18(8-12)29-11-28-17/h5*2-8,16,21,23H,9-11H2,1H3/t5*16-,21?/m11111/s1/i2*1D3,2D,3D,4D,5D,6D,7D,8D,9D2,10D2,11D2;1D3,2D,3D,4D,5D,9D2,10D2,11D2;1D3,6D,7D,8D,9D2,10D2,11D2;1D3,6D,7D,8D,9D2,10D2. The molecule has 5 aromatic heterocycles. The third-order valence-electron chi connectivity index (χ3n) is 24.9. The first-order valence-corrected chi connectivity index (χ1v) is 42.5. The number of ether oxygens (including phenoxy) is 10. The van der Waals surface area contributed by atoms with Crippen molar-refractivity contribution >= 4 is 114 Å². The highest BCUT2D eigenvalue weighted by molar-refractivity contribution is 6.03. The Labute approximate surface area is 920 Å². The number of H-pyrrole nitrogens is 5. The van der Waals surface area contributed by atoms with Crippen LogP contribution in [0.15, 0.2) is 212 Å². The Morgan fingerprint density at radius 3 is 0.862 bits per heavy atom. The summed E-state index contributed by atoms with van der Waals surface area (Å²) in [5.74, 6) is -21.0. The molecule has 5 fully saturated rings. The second-order valence-corrected chi connectivity index (χ2v) is 32.7. The zero-order chi connectivity index (χ0) is 157. The first kappa shape index (κ1) is 42.4. The number of nitrogens with one attached hydrogen (secondary N) is 5. The van der Waals surface area contributed by atoms with Crippen molar-refractivity contribution in [3.05, 3.63) is 296 Å². The van der Waals surface area contributed by atoms with Gasteiger partial charge in [-0.1, -0.05) is 121 Å². The van der Waals surface area contributed by atoms with Crippen molar-refractivity contribution in [1.82, 2.24) is 73.9 Å². The second kappa shape index (κ2) is 33.9. The summed E-state index contributed by atoms with van der Waals surface area (Å²) >= 11 is 0. The highest BCUT2D eigenvalue weighted by atomic mass is 16.7. The molecule has 5 saturated heterocycles. The maximum atomic E-state index is 14.0. The van der Waals surface area contributed by atoms with Crippen molar-refractivity contribution in [2.45, 2.75) is 92.3 Å². The summed E-state index contributed by atoms with van der Waals surface area (Å²) in [6, 6.07) is -22.3. The topological polar surface area (TPSA) is 374 Å². The number of rotatable bonds is 5. The number of carbonyl (C=O) groups excluding carboxylic acids is 10. The minimum absolute atomic E-state index is 0.0258. The maximum absolute atomic E-state index is 14.0. The first-order chi connectivity index (χ1) is 97.1. The van der Waals surface area contributed by atoms with Crippen LogP contribution in [0.25, 0.3) is 54.5 Å². The van der Waals surface area contributed by atoms with Crippen LogP contribution in [-0.4, -0.2) is 264 Å². The number of benzene rings is 10. The Morgan fingerprint density at radius 2 is 0.531 bits per heavy atom. The monoisotopic (exact) mass is 2010 g/mol. The van der Waals surface area contributed by atoms with Crippen LogP contribution in [-0.2, 0) is 79.8 Å². The molecule has 35 nitrogen and oxygen atoms in total. The van der Waals surface area contributed by atoms with E-state index in [0.717, 1.165) is 0 Å². The number of piperazine rings is 5. The van der Waals surface area contributed by atoms with E-state index in [1.165, 1.54) is 24.3 Å². The molecule has 30 rings (SSSR count). The third-order valence-corrected chi connectivity index (χ3v) is 24.9. The Morgan fingerprint density at radius 1 is 0.269 bits per heavy atom. The van der Waals surface area contributed by atoms with Crippen molar-refractivity contribution in [3.8, 4) is 57.5 Å². The minimum Gasteiger partial charge on any atom is -0.454 e. The molecule has 0 spiro atoms. The quantitative estimate of drug-likeness (QED) is 0.107. The average Bonchev–Trinajstić information content (AvgIpc) is 1.45. The third kappa shape index (κ3) is 14.2. The number of hydrogen-bond acceptors (Lipinski definition) is 20. The molecule has 10 aromatic carbocycles. The van der Waals surface area contributed by atoms with E-state index in [4.69, 9.17) is 139 Å². The number of carbonyl (C=O) groups is 10. The molecule has 15 aromatic rings. The molecule has 0 saturated carbocycles. The van der Waals surface area contributed by atoms with Crippen LogP contribution in [0.1, 0.15) is 206 Å². The van der Waals surface area contributed by atoms with Crippen molar-refractivity contribution in [3.63, 3.8) is 0 Å². The van der Waals surface area contributed by atoms with Crippen molar-refractivity contribution < 1.29 is 187 Å². The summed E-state index contributed by atoms with van der Waals surface area (Å²) < 4.78 is 607. The van der Waals surface area contributed by atoms with Gasteiger partial charge in [-0.25, -0.2) is 0 Å². The van der Waals surface area contributed by atoms with Crippen LogP contribution >= 0.6 is 0 Å². The van der Waals surface area contributed by atoms with Gasteiger partial charge in [0, 0.05) is 184 Å². The van der Waals surface area contributed by atoms with Crippen molar-refractivity contribution in [2.75, 3.05) is 101 Å². The molecule has 15 aliphatic heterocycles. The highest BCUT2D eigenvalue weighted by Crippen LogP contribution is 2.53. The number of hydrogen-bond donors (Lipinski definition) is 5. The van der Waals surface area contributed by atoms with Gasteiger partial charge >= 0.3 is 0 Å². The normalized spacial score (nSPS) is 34.8. The maximum Gasteiger partial charge on any atom is 0.245 e. The van der Waals surface area contributed by atoms with Gasteiger partial charge in [-0.05, 0) is 146 Å². The van der Waals surface area contributed by atoms with Gasteiger partial charge < -0.3 is 121 Å². The summed E-state index contributed by atoms with van der Waals surface area (Å²) in [7, 11) is 0. The summed E-state index contributed by atoms with van der Waals surface area (Å²) in [5, 5.41) is -0.784. The lowest BCUT2D eigenvalue weighted by Gasteiger charge is -2.46. The Bertz CT molecular complexity index is 11500. The Hall–Kier alpha value is -17.4. The molecule has 145 heavy (non-hydrogen) atoms. The number of likely N-dealkylation sites (N-methyl/N-ethyl adjacent to an activating group) is 5. The molecule has 35 heteroatoms. The highest BCUT2D eigenvalue weighted by Gasteiger charge is 2.55. The largest absolute Gasteiger partial charge is 0.454 e. The fraction of sp³-hybridized carbons (Fsp3) is 0.273. The molecule has 20 heterocycles. The molecular weight excluding hydrogens is 1850 g/mol. The van der Waals surface area contributed by atoms with E-state index < -0.39 is 502 Å². The van der Waals surface area contributed by atoms with E-state index in [1.54, 1.807) is 42.5 Å². The van der Waals surface area contributed by atoms with E-state index in [0.29, 0.717) is 40.9 Å². The molecule has 5 unspecified atom stereocenters. The van der Waals surface area contributed by atoms with E-state index in [9.17, 15) is 47.9 Å². The molecule has 730 valence electrons. The fourth-order valence-electron chi connectivity index (χ4n) is 18.7. The van der Waals surface area contributed by atoms with Gasteiger partial charge in [0.15, 0.2) is 57.5 Å². The van der Waals surface area contributed by atoms with Crippen molar-refractivity contribution in [1.29, 1.82) is 0 Å². The Kier molecular flexibility index (Phi) is 9.92. The molecule has 10 amide bonds. The van der Waals surface area contributed by atoms with Crippen LogP contribution in [0, 0.1) is 0 Å². The molecule has 15 aliphatic rings. The van der Waals surface area contributed by atoms with Crippen LogP contribution in [0.3, 0.4) is 0 Å². The smallest absolute Gasteiger partial charge is 0.245 e. The minimum atomic E-state index is -3.65. The molecular formula is C110H95N15O20. The van der Waals surface area contributed by atoms with E-state index >= 15 is 0 Å². The summed E-state index contributed by atoms with van der Waals surface area (Å²) in [4.78, 5) is 153. The van der Waals surface area contributed by atoms with Crippen LogP contribution in [0.4, 0.5) is 0 Å². The lowest BCUT2D eigenvalue weighted by Crippen LogP contribution is -2.62. The Balaban J connectivity index is 0.000000123. The molecule has 5 N–H and O–H groups in total. The molecule has 0 aliphatic carbocycles. The second-order valence-electron chi connectivity index (χ2n) is 32.7. The number of para-hydroxylation sites is 5. The van der Waals surface area contributed by atoms with Gasteiger partial charge in [0.25, 0.3) is 0 Å². The molecule has 0 bridgehead atoms. The van der Waals surface area contributed by atoms with Gasteiger partial charge in [-0.2, -0.15) is 0 Å². The molecule has 10 atom stereocenters. The fourth-order valence-corrected chi connectivity index (χ4v) is 18.7. The lowest BCUT2D eigenvalue weighted by atomic mass is 9.86. The van der Waals surface area contributed by atoms with Gasteiger partial charge in [0.2, 0.25) is 92.8 Å². The van der Waals surface area contributed by atoms with Gasteiger partial charge in [-0.15, -0.1) is 0 Å². The summed E-state index contributed by atoms with van der Waals surface area (Å²) in [6.07, 6.45) is -14.9. The number of aromatic amines is 5. The summed E-state index contributed by atoms with van der Waals surface area (Å²) in [5.41, 5.74) is -6.19. The van der Waals surface area contributed by atoms with Gasteiger partial charge in [0.1, 0.15) is 41.2 Å². The van der Waals surface area contributed by atoms with Gasteiger partial charge in [-0.3, -0.25) is 47.9 Å². The number of amides is 10.